The van der Waals surface area contributed by atoms with Crippen LogP contribution in [0.4, 0.5) is 5.82 Å². The molecule has 8 atom stereocenters. The largest absolute Gasteiger partial charge is 0.481 e. The Morgan fingerprint density at radius 1 is 0.980 bits per heavy atom. The molecule has 5 aliphatic carbocycles. The maximum absolute atomic E-state index is 14.3. The standard InChI is InChI=1S/C40H57N3O6/c1-23(2)31-25(44)20-40(33(46)43-29-14-19-41-22-42-29)18-17-38(8)24(32(31)40)10-11-27-37(7)15-13-28(49-30(45)21-35(3,4)34(47)48)36(5,6)26(37)12-16-39(27,38)9/h14,19,22-24,26-28H,10-13,15-18,20-21H2,1-9H3,(H,47,48)(H,41,42,43,46)/t24-,26+,27-,28+,37+,38-,39-,40-/m1/s1. The van der Waals surface area contributed by atoms with E-state index < -0.39 is 22.8 Å². The van der Waals surface area contributed by atoms with Crippen LogP contribution < -0.4 is 5.32 Å². The Morgan fingerprint density at radius 3 is 2.33 bits per heavy atom. The molecule has 9 heteroatoms. The molecule has 0 bridgehead atoms. The third kappa shape index (κ3) is 5.21. The molecule has 0 spiro atoms. The number of fused-ring (bicyclic) bond motifs is 7. The molecule has 2 N–H and O–H groups in total. The van der Waals surface area contributed by atoms with Crippen LogP contribution in [0, 0.1) is 56.2 Å². The van der Waals surface area contributed by atoms with Gasteiger partial charge in [-0.25, -0.2) is 9.97 Å². The highest BCUT2D eigenvalue weighted by atomic mass is 16.5. The Labute approximate surface area is 291 Å². The molecule has 268 valence electrons. The van der Waals surface area contributed by atoms with Crippen LogP contribution in [-0.2, 0) is 23.9 Å². The number of ketones is 1. The first-order chi connectivity index (χ1) is 22.7. The van der Waals surface area contributed by atoms with Crippen molar-refractivity contribution < 1.29 is 29.0 Å². The number of carbonyl (C=O) groups excluding carboxylic acids is 3. The molecule has 0 saturated heterocycles. The molecule has 1 aromatic rings. The van der Waals surface area contributed by atoms with Crippen LogP contribution in [0.2, 0.25) is 0 Å². The number of nitrogens with one attached hydrogen (secondary N) is 1. The van der Waals surface area contributed by atoms with Crippen LogP contribution in [-0.4, -0.2) is 44.8 Å². The summed E-state index contributed by atoms with van der Waals surface area (Å²) in [6.07, 6.45) is 10.2. The van der Waals surface area contributed by atoms with Crippen molar-refractivity contribution >= 4 is 29.4 Å². The lowest BCUT2D eigenvalue weighted by molar-refractivity contribution is -0.233. The van der Waals surface area contributed by atoms with E-state index >= 15 is 0 Å². The summed E-state index contributed by atoms with van der Waals surface area (Å²) in [5.41, 5.74) is -0.344. The lowest BCUT2D eigenvalue weighted by Crippen LogP contribution is -2.66. The number of anilines is 1. The maximum Gasteiger partial charge on any atom is 0.309 e. The van der Waals surface area contributed by atoms with Gasteiger partial charge in [-0.1, -0.05) is 48.5 Å². The van der Waals surface area contributed by atoms with Gasteiger partial charge in [0.1, 0.15) is 18.2 Å². The molecule has 1 amide bonds. The van der Waals surface area contributed by atoms with Gasteiger partial charge in [0.2, 0.25) is 5.91 Å². The van der Waals surface area contributed by atoms with E-state index in [9.17, 15) is 24.3 Å². The minimum Gasteiger partial charge on any atom is -0.481 e. The highest BCUT2D eigenvalue weighted by molar-refractivity contribution is 6.09. The van der Waals surface area contributed by atoms with Gasteiger partial charge >= 0.3 is 11.9 Å². The number of aromatic nitrogens is 2. The number of hydrogen-bond acceptors (Lipinski definition) is 7. The molecule has 4 fully saturated rings. The fraction of sp³-hybridized carbons (Fsp3) is 0.750. The van der Waals surface area contributed by atoms with Crippen molar-refractivity contribution in [3.05, 3.63) is 29.7 Å². The number of Topliss-reactive ketones (excluding diaryl/α,β-unsaturated/α-hetero) is 1. The SMILES string of the molecule is CC(C)C1=C2[C@H]3CC[C@@H]4[C@@]5(C)CC[C@H](OC(=O)CC(C)(C)C(=O)O)C(C)(C)[C@@H]5CC[C@@]4(C)[C@]3(C)CC[C@@]2(C(=O)Nc2ccncn2)CC1=O. The molecule has 0 aliphatic heterocycles. The second-order valence-electron chi connectivity index (χ2n) is 18.5. The zero-order valence-electron chi connectivity index (χ0n) is 31.1. The van der Waals surface area contributed by atoms with Crippen LogP contribution in [0.15, 0.2) is 29.7 Å². The fourth-order valence-electron chi connectivity index (χ4n) is 12.3. The summed E-state index contributed by atoms with van der Waals surface area (Å²) < 4.78 is 6.14. The lowest BCUT2D eigenvalue weighted by Gasteiger charge is -2.72. The zero-order chi connectivity index (χ0) is 35.9. The zero-order valence-corrected chi connectivity index (χ0v) is 31.1. The number of aliphatic carboxylic acids is 1. The van der Waals surface area contributed by atoms with E-state index in [-0.39, 0.29) is 64.1 Å². The molecule has 49 heavy (non-hydrogen) atoms. The first-order valence-electron chi connectivity index (χ1n) is 18.5. The van der Waals surface area contributed by atoms with E-state index in [1.165, 1.54) is 6.33 Å². The summed E-state index contributed by atoms with van der Waals surface area (Å²) in [5, 5.41) is 12.7. The van der Waals surface area contributed by atoms with Gasteiger partial charge in [0, 0.05) is 18.0 Å². The van der Waals surface area contributed by atoms with Crippen molar-refractivity contribution in [1.29, 1.82) is 0 Å². The second-order valence-corrected chi connectivity index (χ2v) is 18.5. The van der Waals surface area contributed by atoms with Gasteiger partial charge in [0.25, 0.3) is 0 Å². The van der Waals surface area contributed by atoms with Crippen molar-refractivity contribution in [2.45, 2.75) is 133 Å². The Balaban J connectivity index is 1.31. The van der Waals surface area contributed by atoms with Crippen molar-refractivity contribution in [3.63, 3.8) is 0 Å². The van der Waals surface area contributed by atoms with E-state index in [1.54, 1.807) is 26.1 Å². The summed E-state index contributed by atoms with van der Waals surface area (Å²) in [5.74, 6) is 0.0128. The number of carbonyl (C=O) groups is 4. The summed E-state index contributed by atoms with van der Waals surface area (Å²) >= 11 is 0. The normalized spacial score (nSPS) is 38.2. The predicted molar refractivity (Wildman–Crippen MR) is 186 cm³/mol. The number of amides is 1. The summed E-state index contributed by atoms with van der Waals surface area (Å²) in [4.78, 5) is 61.2. The minimum atomic E-state index is -1.17. The topological polar surface area (TPSA) is 136 Å². The van der Waals surface area contributed by atoms with Crippen molar-refractivity contribution in [2.75, 3.05) is 5.32 Å². The van der Waals surface area contributed by atoms with E-state index in [1.807, 2.05) is 0 Å². The third-order valence-electron chi connectivity index (χ3n) is 15.1. The summed E-state index contributed by atoms with van der Waals surface area (Å²) in [6.45, 7) is 19.3. The predicted octanol–water partition coefficient (Wildman–Crippen LogP) is 7.81. The summed E-state index contributed by atoms with van der Waals surface area (Å²) in [6, 6.07) is 1.70. The molecule has 5 aliphatic rings. The Kier molecular flexibility index (Phi) is 8.55. The van der Waals surface area contributed by atoms with Crippen molar-refractivity contribution in [2.24, 2.45) is 56.2 Å². The fourth-order valence-corrected chi connectivity index (χ4v) is 12.3. The summed E-state index contributed by atoms with van der Waals surface area (Å²) in [7, 11) is 0. The highest BCUT2D eigenvalue weighted by Gasteiger charge is 2.71. The highest BCUT2D eigenvalue weighted by Crippen LogP contribution is 2.76. The van der Waals surface area contributed by atoms with E-state index in [4.69, 9.17) is 4.74 Å². The average molecular weight is 676 g/mol. The number of hydrogen-bond donors (Lipinski definition) is 2. The lowest BCUT2D eigenvalue weighted by atomic mass is 9.33. The van der Waals surface area contributed by atoms with E-state index in [0.29, 0.717) is 24.1 Å². The minimum absolute atomic E-state index is 0.00227. The number of esters is 1. The second kappa shape index (κ2) is 11.7. The molecule has 1 heterocycles. The van der Waals surface area contributed by atoms with Crippen LogP contribution in [0.1, 0.15) is 127 Å². The van der Waals surface area contributed by atoms with Gasteiger partial charge in [0.15, 0.2) is 5.78 Å². The molecule has 0 unspecified atom stereocenters. The van der Waals surface area contributed by atoms with Crippen molar-refractivity contribution in [3.8, 4) is 0 Å². The van der Waals surface area contributed by atoms with Gasteiger partial charge in [0.05, 0.1) is 17.3 Å². The number of carboxylic acid groups (broad SMARTS) is 1. The van der Waals surface area contributed by atoms with Gasteiger partial charge in [-0.2, -0.15) is 0 Å². The third-order valence-corrected chi connectivity index (χ3v) is 15.1. The molecule has 0 aromatic carbocycles. The van der Waals surface area contributed by atoms with Crippen LogP contribution in [0.5, 0.6) is 0 Å². The van der Waals surface area contributed by atoms with Crippen LogP contribution >= 0.6 is 0 Å². The van der Waals surface area contributed by atoms with E-state index in [0.717, 1.165) is 56.1 Å². The Bertz CT molecular complexity index is 1580. The first-order valence-corrected chi connectivity index (χ1v) is 18.5. The number of rotatable bonds is 7. The smallest absolute Gasteiger partial charge is 0.309 e. The molecule has 9 nitrogen and oxygen atoms in total. The number of allylic oxidation sites excluding steroid dienone is 1. The van der Waals surface area contributed by atoms with Gasteiger partial charge < -0.3 is 15.2 Å². The average Bonchev–Trinajstić information content (AvgIpc) is 3.32. The van der Waals surface area contributed by atoms with Crippen LogP contribution in [0.25, 0.3) is 0 Å². The van der Waals surface area contributed by atoms with Gasteiger partial charge in [-0.3, -0.25) is 19.2 Å². The molecular formula is C40H57N3O6. The molecule has 0 radical (unpaired) electrons. The monoisotopic (exact) mass is 675 g/mol. The van der Waals surface area contributed by atoms with Gasteiger partial charge in [-0.05, 0) is 122 Å². The number of ether oxygens (including phenoxy) is 1. The van der Waals surface area contributed by atoms with Gasteiger partial charge in [-0.15, -0.1) is 0 Å². The molecular weight excluding hydrogens is 618 g/mol. The molecule has 6 rings (SSSR count). The Morgan fingerprint density at radius 2 is 1.69 bits per heavy atom. The van der Waals surface area contributed by atoms with Crippen molar-refractivity contribution in [1.82, 2.24) is 9.97 Å². The Hall–Kier alpha value is -3.10. The van der Waals surface area contributed by atoms with Crippen LogP contribution in [0.3, 0.4) is 0 Å². The number of carboxylic acids is 1. The maximum atomic E-state index is 14.3. The first kappa shape index (κ1) is 35.7. The molecule has 1 aromatic heterocycles. The van der Waals surface area contributed by atoms with E-state index in [2.05, 4.69) is 63.8 Å². The quantitative estimate of drug-likeness (QED) is 0.280. The molecule has 4 saturated carbocycles. The number of nitrogens with zero attached hydrogens (tertiary/aromatic N) is 2.